The van der Waals surface area contributed by atoms with Crippen molar-refractivity contribution in [2.75, 3.05) is 44.2 Å². The lowest BCUT2D eigenvalue weighted by Crippen LogP contribution is -2.55. The highest BCUT2D eigenvalue weighted by Crippen LogP contribution is 2.22. The fourth-order valence-electron chi connectivity index (χ4n) is 4.64. The Labute approximate surface area is 170 Å². The van der Waals surface area contributed by atoms with Crippen molar-refractivity contribution in [1.29, 1.82) is 0 Å². The number of benzene rings is 2. The first-order valence-electron chi connectivity index (χ1n) is 10.3. The first-order valence-corrected chi connectivity index (χ1v) is 11.1. The molecule has 0 bridgehead atoms. The van der Waals surface area contributed by atoms with E-state index in [-0.39, 0.29) is 0 Å². The van der Waals surface area contributed by atoms with E-state index in [1.807, 2.05) is 0 Å². The van der Waals surface area contributed by atoms with E-state index in [0.29, 0.717) is 6.04 Å². The van der Waals surface area contributed by atoms with Crippen LogP contribution in [0, 0.1) is 0 Å². The van der Waals surface area contributed by atoms with Gasteiger partial charge in [0.05, 0.1) is 11.7 Å². The Balaban J connectivity index is 1.18. The number of piperazine rings is 1. The van der Waals surface area contributed by atoms with Crippen LogP contribution in [0.15, 0.2) is 48.5 Å². The standard InChI is InChI=1S/C22H27N5S/c1-2-5-19(6-3-1)26-11-13-27(14-12-26)20-7-4-10-25(17-20)16-18-8-9-21-22(15-18)24-28-23-21/h1-3,5-6,8-9,15,20H,4,7,10-14,16-17H2/t20-/m0/s1. The molecular formula is C22H27N5S. The summed E-state index contributed by atoms with van der Waals surface area (Å²) in [7, 11) is 0. The first kappa shape index (κ1) is 18.0. The van der Waals surface area contributed by atoms with Crippen molar-refractivity contribution in [2.45, 2.75) is 25.4 Å². The molecule has 0 saturated carbocycles. The molecule has 1 atom stereocenters. The van der Waals surface area contributed by atoms with Crippen LogP contribution in [0.3, 0.4) is 0 Å². The van der Waals surface area contributed by atoms with Gasteiger partial charge in [-0.25, -0.2) is 0 Å². The molecule has 3 aromatic rings. The number of nitrogens with zero attached hydrogens (tertiary/aromatic N) is 5. The van der Waals surface area contributed by atoms with Gasteiger partial charge in [-0.3, -0.25) is 9.80 Å². The first-order chi connectivity index (χ1) is 13.8. The molecule has 0 N–H and O–H groups in total. The molecule has 5 rings (SSSR count). The lowest BCUT2D eigenvalue weighted by molar-refractivity contribution is 0.0888. The van der Waals surface area contributed by atoms with E-state index in [0.717, 1.165) is 30.7 Å². The maximum Gasteiger partial charge on any atom is 0.105 e. The van der Waals surface area contributed by atoms with Gasteiger partial charge in [-0.1, -0.05) is 24.3 Å². The number of likely N-dealkylation sites (tertiary alicyclic amines) is 1. The van der Waals surface area contributed by atoms with Crippen LogP contribution >= 0.6 is 11.7 Å². The number of anilines is 1. The van der Waals surface area contributed by atoms with Gasteiger partial charge in [0.25, 0.3) is 0 Å². The molecule has 5 nitrogen and oxygen atoms in total. The third-order valence-electron chi connectivity index (χ3n) is 6.16. The minimum absolute atomic E-state index is 0.691. The van der Waals surface area contributed by atoms with Crippen LogP contribution in [0.1, 0.15) is 18.4 Å². The number of piperidine rings is 1. The van der Waals surface area contributed by atoms with Gasteiger partial charge >= 0.3 is 0 Å². The van der Waals surface area contributed by atoms with E-state index >= 15 is 0 Å². The lowest BCUT2D eigenvalue weighted by Gasteiger charge is -2.44. The fraction of sp³-hybridized carbons (Fsp3) is 0.455. The summed E-state index contributed by atoms with van der Waals surface area (Å²) >= 11 is 1.30. The molecule has 146 valence electrons. The Bertz CT molecular complexity index is 903. The molecule has 0 radical (unpaired) electrons. The molecule has 6 heteroatoms. The van der Waals surface area contributed by atoms with E-state index in [2.05, 4.69) is 72.0 Å². The Kier molecular flexibility index (Phi) is 5.25. The maximum absolute atomic E-state index is 4.39. The number of hydrogen-bond acceptors (Lipinski definition) is 6. The van der Waals surface area contributed by atoms with E-state index in [1.54, 1.807) is 0 Å². The zero-order valence-corrected chi connectivity index (χ0v) is 17.0. The molecule has 2 aliphatic rings. The summed E-state index contributed by atoms with van der Waals surface area (Å²) in [4.78, 5) is 7.87. The van der Waals surface area contributed by atoms with E-state index in [1.165, 1.54) is 62.0 Å². The predicted octanol–water partition coefficient (Wildman–Crippen LogP) is 3.48. The van der Waals surface area contributed by atoms with Crippen LogP contribution in [-0.2, 0) is 6.54 Å². The van der Waals surface area contributed by atoms with Gasteiger partial charge in [0.2, 0.25) is 0 Å². The number of fused-ring (bicyclic) bond motifs is 1. The van der Waals surface area contributed by atoms with Gasteiger partial charge < -0.3 is 4.90 Å². The summed E-state index contributed by atoms with van der Waals surface area (Å²) in [5.74, 6) is 0. The van der Waals surface area contributed by atoms with Crippen molar-refractivity contribution in [1.82, 2.24) is 18.5 Å². The number of para-hydroxylation sites is 1. The van der Waals surface area contributed by atoms with Crippen LogP contribution in [0.5, 0.6) is 0 Å². The maximum atomic E-state index is 4.39. The van der Waals surface area contributed by atoms with Gasteiger partial charge in [-0.2, -0.15) is 8.75 Å². The zero-order chi connectivity index (χ0) is 18.8. The molecule has 2 saturated heterocycles. The van der Waals surface area contributed by atoms with Crippen molar-refractivity contribution in [2.24, 2.45) is 0 Å². The highest BCUT2D eigenvalue weighted by atomic mass is 32.1. The monoisotopic (exact) mass is 393 g/mol. The van der Waals surface area contributed by atoms with Crippen molar-refractivity contribution in [3.8, 4) is 0 Å². The van der Waals surface area contributed by atoms with E-state index < -0.39 is 0 Å². The van der Waals surface area contributed by atoms with Gasteiger partial charge in [-0.15, -0.1) is 0 Å². The summed E-state index contributed by atoms with van der Waals surface area (Å²) in [5.41, 5.74) is 4.77. The number of hydrogen-bond donors (Lipinski definition) is 0. The third-order valence-corrected chi connectivity index (χ3v) is 6.71. The Morgan fingerprint density at radius 3 is 2.57 bits per heavy atom. The minimum atomic E-state index is 0.691. The molecule has 3 heterocycles. The zero-order valence-electron chi connectivity index (χ0n) is 16.2. The Hall–Kier alpha value is -2.02. The van der Waals surface area contributed by atoms with Crippen molar-refractivity contribution < 1.29 is 0 Å². The molecular weight excluding hydrogens is 366 g/mol. The van der Waals surface area contributed by atoms with Crippen molar-refractivity contribution in [3.05, 3.63) is 54.1 Å². The second-order valence-corrected chi connectivity index (χ2v) is 8.51. The van der Waals surface area contributed by atoms with Crippen LogP contribution in [0.4, 0.5) is 5.69 Å². The second-order valence-electron chi connectivity index (χ2n) is 7.98. The summed E-state index contributed by atoms with van der Waals surface area (Å²) in [6.07, 6.45) is 2.63. The molecule has 2 aliphatic heterocycles. The highest BCUT2D eigenvalue weighted by molar-refractivity contribution is 7.00. The molecule has 1 aromatic heterocycles. The smallest absolute Gasteiger partial charge is 0.105 e. The lowest BCUT2D eigenvalue weighted by atomic mass is 10.0. The summed E-state index contributed by atoms with van der Waals surface area (Å²) < 4.78 is 8.71. The SMILES string of the molecule is c1ccc(N2CCN([C@H]3CCCN(Cc4ccc5nsnc5c4)C3)CC2)cc1. The molecule has 0 spiro atoms. The minimum Gasteiger partial charge on any atom is -0.369 e. The fourth-order valence-corrected chi connectivity index (χ4v) is 5.16. The number of rotatable bonds is 4. The van der Waals surface area contributed by atoms with Crippen LogP contribution < -0.4 is 4.90 Å². The van der Waals surface area contributed by atoms with E-state index in [9.17, 15) is 0 Å². The Morgan fingerprint density at radius 1 is 0.893 bits per heavy atom. The highest BCUT2D eigenvalue weighted by Gasteiger charge is 2.28. The summed E-state index contributed by atoms with van der Waals surface area (Å²) in [6.45, 7) is 8.01. The van der Waals surface area contributed by atoms with Crippen molar-refractivity contribution in [3.63, 3.8) is 0 Å². The predicted molar refractivity (Wildman–Crippen MR) is 116 cm³/mol. The summed E-state index contributed by atoms with van der Waals surface area (Å²) in [5, 5.41) is 0. The molecule has 0 unspecified atom stereocenters. The van der Waals surface area contributed by atoms with Crippen LogP contribution in [0.25, 0.3) is 11.0 Å². The molecule has 0 aliphatic carbocycles. The normalized spacial score (nSPS) is 22.0. The molecule has 2 fully saturated rings. The van der Waals surface area contributed by atoms with Gasteiger partial charge in [0, 0.05) is 51.0 Å². The third kappa shape index (κ3) is 3.90. The Morgan fingerprint density at radius 2 is 1.71 bits per heavy atom. The molecule has 0 amide bonds. The van der Waals surface area contributed by atoms with E-state index in [4.69, 9.17) is 0 Å². The average Bonchev–Trinajstić information content (AvgIpc) is 3.23. The number of aromatic nitrogens is 2. The van der Waals surface area contributed by atoms with Crippen LogP contribution in [0.2, 0.25) is 0 Å². The molecule has 2 aromatic carbocycles. The van der Waals surface area contributed by atoms with Crippen molar-refractivity contribution >= 4 is 28.4 Å². The van der Waals surface area contributed by atoms with Gasteiger partial charge in [0.15, 0.2) is 0 Å². The van der Waals surface area contributed by atoms with Crippen LogP contribution in [-0.4, -0.2) is 63.9 Å². The summed E-state index contributed by atoms with van der Waals surface area (Å²) in [6, 6.07) is 18.1. The molecule has 28 heavy (non-hydrogen) atoms. The second kappa shape index (κ2) is 8.15. The quantitative estimate of drug-likeness (QED) is 0.678. The van der Waals surface area contributed by atoms with Gasteiger partial charge in [-0.05, 0) is 49.2 Å². The largest absolute Gasteiger partial charge is 0.369 e. The van der Waals surface area contributed by atoms with Gasteiger partial charge in [0.1, 0.15) is 11.0 Å². The topological polar surface area (TPSA) is 35.5 Å². The average molecular weight is 394 g/mol.